The molecule has 2 heterocycles. The van der Waals surface area contributed by atoms with E-state index in [1.807, 2.05) is 18.2 Å². The number of hydrogen-bond acceptors (Lipinski definition) is 5. The third-order valence-corrected chi connectivity index (χ3v) is 4.09. The van der Waals surface area contributed by atoms with Crippen LogP contribution in [0.4, 0.5) is 5.13 Å². The zero-order valence-electron chi connectivity index (χ0n) is 10.3. The molecule has 0 amide bonds. The number of methoxy groups -OCH3 is 1. The molecule has 0 unspecified atom stereocenters. The first-order valence-corrected chi connectivity index (χ1v) is 6.95. The molecule has 0 atom stereocenters. The summed E-state index contributed by atoms with van der Waals surface area (Å²) in [6.07, 6.45) is 2.11. The van der Waals surface area contributed by atoms with Gasteiger partial charge in [0.05, 0.1) is 17.3 Å². The van der Waals surface area contributed by atoms with Gasteiger partial charge in [-0.15, -0.1) is 0 Å². The largest absolute Gasteiger partial charge is 0.497 e. The minimum absolute atomic E-state index is 0.487. The van der Waals surface area contributed by atoms with Crippen LogP contribution in [-0.2, 0) is 4.74 Å². The van der Waals surface area contributed by atoms with Crippen LogP contribution in [0.5, 0.6) is 5.75 Å². The highest BCUT2D eigenvalue weighted by Gasteiger charge is 2.15. The molecular weight excluding hydrogens is 248 g/mol. The van der Waals surface area contributed by atoms with Gasteiger partial charge < -0.3 is 14.8 Å². The maximum absolute atomic E-state index is 5.35. The molecule has 5 heteroatoms. The first-order valence-electron chi connectivity index (χ1n) is 6.14. The number of benzene rings is 1. The van der Waals surface area contributed by atoms with E-state index in [1.54, 1.807) is 18.4 Å². The number of nitrogens with zero attached hydrogens (tertiary/aromatic N) is 1. The lowest BCUT2D eigenvalue weighted by Crippen LogP contribution is -2.27. The van der Waals surface area contributed by atoms with E-state index >= 15 is 0 Å². The number of aromatic nitrogens is 1. The molecule has 1 saturated heterocycles. The van der Waals surface area contributed by atoms with Crippen LogP contribution in [0.2, 0.25) is 0 Å². The van der Waals surface area contributed by atoms with Gasteiger partial charge in [0.25, 0.3) is 0 Å². The van der Waals surface area contributed by atoms with Crippen LogP contribution >= 0.6 is 11.3 Å². The number of nitrogens with one attached hydrogen (secondary N) is 1. The van der Waals surface area contributed by atoms with Crippen LogP contribution in [0.25, 0.3) is 10.2 Å². The van der Waals surface area contributed by atoms with Crippen molar-refractivity contribution in [2.45, 2.75) is 18.9 Å². The van der Waals surface area contributed by atoms with E-state index in [-0.39, 0.29) is 0 Å². The second kappa shape index (κ2) is 5.12. The number of thiazole rings is 1. The lowest BCUT2D eigenvalue weighted by Gasteiger charge is -2.22. The number of fused-ring (bicyclic) bond motifs is 1. The highest BCUT2D eigenvalue weighted by molar-refractivity contribution is 7.22. The first kappa shape index (κ1) is 11.7. The van der Waals surface area contributed by atoms with Gasteiger partial charge >= 0.3 is 0 Å². The molecule has 18 heavy (non-hydrogen) atoms. The number of hydrogen-bond donors (Lipinski definition) is 1. The minimum atomic E-state index is 0.487. The Morgan fingerprint density at radius 1 is 1.39 bits per heavy atom. The normalized spacial score (nSPS) is 16.9. The van der Waals surface area contributed by atoms with Crippen LogP contribution in [0.15, 0.2) is 18.2 Å². The third-order valence-electron chi connectivity index (χ3n) is 3.14. The Morgan fingerprint density at radius 2 is 2.22 bits per heavy atom. The van der Waals surface area contributed by atoms with Gasteiger partial charge in [-0.1, -0.05) is 11.3 Å². The van der Waals surface area contributed by atoms with Crippen molar-refractivity contribution in [3.05, 3.63) is 18.2 Å². The van der Waals surface area contributed by atoms with E-state index in [1.165, 1.54) is 0 Å². The summed E-state index contributed by atoms with van der Waals surface area (Å²) in [5.41, 5.74) is 1.02. The van der Waals surface area contributed by atoms with Crippen molar-refractivity contribution in [1.29, 1.82) is 0 Å². The first-order chi connectivity index (χ1) is 8.85. The molecule has 96 valence electrons. The van der Waals surface area contributed by atoms with Gasteiger partial charge in [0.1, 0.15) is 5.75 Å². The average molecular weight is 264 g/mol. The molecule has 1 fully saturated rings. The van der Waals surface area contributed by atoms with E-state index < -0.39 is 0 Å². The molecule has 0 bridgehead atoms. The highest BCUT2D eigenvalue weighted by atomic mass is 32.1. The predicted molar refractivity (Wildman–Crippen MR) is 73.6 cm³/mol. The van der Waals surface area contributed by atoms with E-state index in [0.29, 0.717) is 6.04 Å². The lowest BCUT2D eigenvalue weighted by molar-refractivity contribution is 0.0904. The van der Waals surface area contributed by atoms with Gasteiger partial charge in [0.2, 0.25) is 0 Å². The topological polar surface area (TPSA) is 43.4 Å². The van der Waals surface area contributed by atoms with E-state index in [9.17, 15) is 0 Å². The lowest BCUT2D eigenvalue weighted by atomic mass is 10.1. The monoisotopic (exact) mass is 264 g/mol. The molecule has 4 nitrogen and oxygen atoms in total. The van der Waals surface area contributed by atoms with Gasteiger partial charge in [-0.3, -0.25) is 0 Å². The molecule has 0 spiro atoms. The summed E-state index contributed by atoms with van der Waals surface area (Å²) in [6.45, 7) is 1.69. The van der Waals surface area contributed by atoms with Crippen molar-refractivity contribution in [1.82, 2.24) is 4.98 Å². The number of ether oxygens (including phenoxy) is 2. The maximum atomic E-state index is 5.35. The zero-order valence-corrected chi connectivity index (χ0v) is 11.1. The fraction of sp³-hybridized carbons (Fsp3) is 0.462. The molecular formula is C13H16N2O2S. The summed E-state index contributed by atoms with van der Waals surface area (Å²) in [4.78, 5) is 4.59. The minimum Gasteiger partial charge on any atom is -0.497 e. The molecule has 0 radical (unpaired) electrons. The molecule has 1 aromatic carbocycles. The predicted octanol–water partition coefficient (Wildman–Crippen LogP) is 2.90. The second-order valence-corrected chi connectivity index (χ2v) is 5.41. The number of anilines is 1. The molecule has 1 aromatic heterocycles. The van der Waals surface area contributed by atoms with Crippen LogP contribution < -0.4 is 10.1 Å². The average Bonchev–Trinajstić information content (AvgIpc) is 2.80. The third kappa shape index (κ3) is 2.42. The SMILES string of the molecule is COc1ccc2nc(NC3CCOCC3)sc2c1. The molecule has 0 aliphatic carbocycles. The van der Waals surface area contributed by atoms with E-state index in [4.69, 9.17) is 9.47 Å². The Bertz CT molecular complexity index is 535. The quantitative estimate of drug-likeness (QED) is 0.925. The zero-order chi connectivity index (χ0) is 12.4. The van der Waals surface area contributed by atoms with Crippen molar-refractivity contribution in [2.24, 2.45) is 0 Å². The summed E-state index contributed by atoms with van der Waals surface area (Å²) in [6, 6.07) is 6.46. The van der Waals surface area contributed by atoms with Crippen molar-refractivity contribution >= 4 is 26.7 Å². The fourth-order valence-electron chi connectivity index (χ4n) is 2.11. The molecule has 1 aliphatic heterocycles. The van der Waals surface area contributed by atoms with Crippen molar-refractivity contribution in [2.75, 3.05) is 25.6 Å². The Hall–Kier alpha value is -1.33. The van der Waals surface area contributed by atoms with Crippen LogP contribution in [0.1, 0.15) is 12.8 Å². The Morgan fingerprint density at radius 3 is 3.00 bits per heavy atom. The summed E-state index contributed by atoms with van der Waals surface area (Å²) in [5.74, 6) is 0.878. The van der Waals surface area contributed by atoms with Gasteiger partial charge in [0, 0.05) is 19.3 Å². The van der Waals surface area contributed by atoms with Crippen molar-refractivity contribution in [3.63, 3.8) is 0 Å². The molecule has 2 aromatic rings. The van der Waals surface area contributed by atoms with Gasteiger partial charge in [-0.25, -0.2) is 4.98 Å². The van der Waals surface area contributed by atoms with Crippen LogP contribution in [0.3, 0.4) is 0 Å². The number of rotatable bonds is 3. The van der Waals surface area contributed by atoms with E-state index in [2.05, 4.69) is 10.3 Å². The molecule has 0 saturated carbocycles. The second-order valence-electron chi connectivity index (χ2n) is 4.38. The maximum Gasteiger partial charge on any atom is 0.184 e. The van der Waals surface area contributed by atoms with Gasteiger partial charge in [-0.05, 0) is 31.0 Å². The van der Waals surface area contributed by atoms with E-state index in [0.717, 1.165) is 47.2 Å². The standard InChI is InChI=1S/C13H16N2O2S/c1-16-10-2-3-11-12(8-10)18-13(15-11)14-9-4-6-17-7-5-9/h2-3,8-9H,4-7H2,1H3,(H,14,15). The Balaban J connectivity index is 1.79. The fourth-order valence-corrected chi connectivity index (χ4v) is 3.08. The van der Waals surface area contributed by atoms with Gasteiger partial charge in [-0.2, -0.15) is 0 Å². The summed E-state index contributed by atoms with van der Waals surface area (Å²) >= 11 is 1.68. The summed E-state index contributed by atoms with van der Waals surface area (Å²) < 4.78 is 11.7. The summed E-state index contributed by atoms with van der Waals surface area (Å²) in [7, 11) is 1.68. The molecule has 3 rings (SSSR count). The Kier molecular flexibility index (Phi) is 3.34. The molecule has 1 aliphatic rings. The van der Waals surface area contributed by atoms with Crippen molar-refractivity contribution < 1.29 is 9.47 Å². The molecule has 1 N–H and O–H groups in total. The van der Waals surface area contributed by atoms with Crippen LogP contribution in [-0.4, -0.2) is 31.3 Å². The van der Waals surface area contributed by atoms with Crippen LogP contribution in [0, 0.1) is 0 Å². The smallest absolute Gasteiger partial charge is 0.184 e. The van der Waals surface area contributed by atoms with Crippen molar-refractivity contribution in [3.8, 4) is 5.75 Å². The Labute approximate surface area is 110 Å². The van der Waals surface area contributed by atoms with Gasteiger partial charge in [0.15, 0.2) is 5.13 Å². The highest BCUT2D eigenvalue weighted by Crippen LogP contribution is 2.30. The summed E-state index contributed by atoms with van der Waals surface area (Å²) in [5, 5.41) is 4.49.